The summed E-state index contributed by atoms with van der Waals surface area (Å²) in [5.74, 6) is 6.02. The SMILES string of the molecule is OCC#Cc1ccc(F)cc1OCC1CC1. The first-order valence-corrected chi connectivity index (χ1v) is 5.31. The average Bonchev–Trinajstić information content (AvgIpc) is 3.09. The van der Waals surface area contributed by atoms with Crippen LogP contribution in [-0.2, 0) is 0 Å². The predicted molar refractivity (Wildman–Crippen MR) is 58.6 cm³/mol. The topological polar surface area (TPSA) is 29.5 Å². The molecule has 0 heterocycles. The standard InChI is InChI=1S/C13H13FO2/c14-12-6-5-11(2-1-7-15)13(8-12)16-9-10-3-4-10/h5-6,8,10,15H,3-4,7,9H2. The number of rotatable bonds is 3. The normalized spacial score (nSPS) is 14.1. The molecule has 1 saturated carbocycles. The van der Waals surface area contributed by atoms with Gasteiger partial charge in [0.05, 0.1) is 12.2 Å². The molecule has 0 atom stereocenters. The van der Waals surface area contributed by atoms with Crippen LogP contribution in [0.2, 0.25) is 0 Å². The summed E-state index contributed by atoms with van der Waals surface area (Å²) in [7, 11) is 0. The summed E-state index contributed by atoms with van der Waals surface area (Å²) in [6.45, 7) is 0.413. The third-order valence-corrected chi connectivity index (χ3v) is 2.42. The third kappa shape index (κ3) is 2.98. The van der Waals surface area contributed by atoms with Gasteiger partial charge in [-0.05, 0) is 30.9 Å². The zero-order chi connectivity index (χ0) is 11.4. The fraction of sp³-hybridized carbons (Fsp3) is 0.385. The van der Waals surface area contributed by atoms with Gasteiger partial charge in [-0.25, -0.2) is 4.39 Å². The van der Waals surface area contributed by atoms with Crippen molar-refractivity contribution >= 4 is 0 Å². The summed E-state index contributed by atoms with van der Waals surface area (Å²) in [4.78, 5) is 0. The molecule has 2 nitrogen and oxygen atoms in total. The Morgan fingerprint density at radius 3 is 2.94 bits per heavy atom. The molecule has 0 saturated heterocycles. The molecule has 84 valence electrons. The predicted octanol–water partition coefficient (Wildman–Crippen LogP) is 1.96. The lowest BCUT2D eigenvalue weighted by Gasteiger charge is -2.07. The van der Waals surface area contributed by atoms with Gasteiger partial charge in [0.25, 0.3) is 0 Å². The first-order chi connectivity index (χ1) is 7.79. The molecule has 3 heteroatoms. The summed E-state index contributed by atoms with van der Waals surface area (Å²) in [5.41, 5.74) is 0.621. The Labute approximate surface area is 94.1 Å². The maximum absolute atomic E-state index is 13.0. The second-order valence-electron chi connectivity index (χ2n) is 3.85. The molecule has 1 N–H and O–H groups in total. The lowest BCUT2D eigenvalue weighted by Crippen LogP contribution is -2.01. The van der Waals surface area contributed by atoms with E-state index in [1.54, 1.807) is 6.07 Å². The molecule has 0 spiro atoms. The van der Waals surface area contributed by atoms with E-state index >= 15 is 0 Å². The van der Waals surface area contributed by atoms with Crippen LogP contribution in [0.15, 0.2) is 18.2 Å². The zero-order valence-corrected chi connectivity index (χ0v) is 8.87. The van der Waals surface area contributed by atoms with E-state index in [2.05, 4.69) is 11.8 Å². The molecule has 1 aromatic rings. The van der Waals surface area contributed by atoms with Crippen molar-refractivity contribution in [2.24, 2.45) is 5.92 Å². The van der Waals surface area contributed by atoms with Crippen LogP contribution in [0.4, 0.5) is 4.39 Å². The maximum Gasteiger partial charge on any atom is 0.137 e. The highest BCUT2D eigenvalue weighted by molar-refractivity contribution is 5.46. The van der Waals surface area contributed by atoms with Gasteiger partial charge in [0, 0.05) is 6.07 Å². The van der Waals surface area contributed by atoms with Crippen molar-refractivity contribution in [3.8, 4) is 17.6 Å². The van der Waals surface area contributed by atoms with Gasteiger partial charge in [0.15, 0.2) is 0 Å². The highest BCUT2D eigenvalue weighted by Crippen LogP contribution is 2.30. The molecule has 0 unspecified atom stereocenters. The van der Waals surface area contributed by atoms with Gasteiger partial charge < -0.3 is 9.84 Å². The van der Waals surface area contributed by atoms with Crippen molar-refractivity contribution in [3.63, 3.8) is 0 Å². The van der Waals surface area contributed by atoms with Crippen molar-refractivity contribution in [1.29, 1.82) is 0 Å². The minimum Gasteiger partial charge on any atom is -0.492 e. The van der Waals surface area contributed by atoms with Crippen LogP contribution in [0.25, 0.3) is 0 Å². The lowest BCUT2D eigenvalue weighted by atomic mass is 10.2. The van der Waals surface area contributed by atoms with Crippen LogP contribution >= 0.6 is 0 Å². The Morgan fingerprint density at radius 1 is 1.44 bits per heavy atom. The zero-order valence-electron chi connectivity index (χ0n) is 8.87. The van der Waals surface area contributed by atoms with Crippen LogP contribution < -0.4 is 4.74 Å². The largest absolute Gasteiger partial charge is 0.492 e. The molecule has 1 aliphatic rings. The summed E-state index contributed by atoms with van der Waals surface area (Å²) in [5, 5.41) is 8.61. The smallest absolute Gasteiger partial charge is 0.137 e. The molecule has 0 bridgehead atoms. The Kier molecular flexibility index (Phi) is 3.43. The molecule has 0 amide bonds. The van der Waals surface area contributed by atoms with Crippen LogP contribution in [0.3, 0.4) is 0 Å². The second-order valence-corrected chi connectivity index (χ2v) is 3.85. The van der Waals surface area contributed by atoms with Gasteiger partial charge in [-0.3, -0.25) is 0 Å². The summed E-state index contributed by atoms with van der Waals surface area (Å²) >= 11 is 0. The Balaban J connectivity index is 2.13. The van der Waals surface area contributed by atoms with E-state index in [0.717, 1.165) is 0 Å². The number of ether oxygens (including phenoxy) is 1. The minimum absolute atomic E-state index is 0.209. The number of hydrogen-bond donors (Lipinski definition) is 1. The number of hydrogen-bond acceptors (Lipinski definition) is 2. The van der Waals surface area contributed by atoms with Crippen LogP contribution in [0.1, 0.15) is 18.4 Å². The van der Waals surface area contributed by atoms with Crippen molar-refractivity contribution in [2.45, 2.75) is 12.8 Å². The maximum atomic E-state index is 13.0. The first-order valence-electron chi connectivity index (χ1n) is 5.31. The van der Waals surface area contributed by atoms with Crippen LogP contribution in [0, 0.1) is 23.6 Å². The molecule has 0 radical (unpaired) electrons. The number of benzene rings is 1. The number of aliphatic hydroxyl groups is 1. The van der Waals surface area contributed by atoms with E-state index in [4.69, 9.17) is 9.84 Å². The Bertz CT molecular complexity index is 427. The highest BCUT2D eigenvalue weighted by Gasteiger charge is 2.22. The highest BCUT2D eigenvalue weighted by atomic mass is 19.1. The van der Waals surface area contributed by atoms with Gasteiger partial charge in [-0.15, -0.1) is 0 Å². The Hall–Kier alpha value is -1.53. The van der Waals surface area contributed by atoms with Crippen LogP contribution in [0.5, 0.6) is 5.75 Å². The number of aliphatic hydroxyl groups excluding tert-OH is 1. The second kappa shape index (κ2) is 5.00. The van der Waals surface area contributed by atoms with Gasteiger partial charge >= 0.3 is 0 Å². The Morgan fingerprint density at radius 2 is 2.25 bits per heavy atom. The first kappa shape index (κ1) is 11.0. The van der Waals surface area contributed by atoms with Crippen LogP contribution in [-0.4, -0.2) is 18.3 Å². The van der Waals surface area contributed by atoms with E-state index in [0.29, 0.717) is 23.8 Å². The molecule has 16 heavy (non-hydrogen) atoms. The molecule has 2 rings (SSSR count). The van der Waals surface area contributed by atoms with Crippen molar-refractivity contribution < 1.29 is 14.2 Å². The monoisotopic (exact) mass is 220 g/mol. The molecule has 0 aromatic heterocycles. The average molecular weight is 220 g/mol. The summed E-state index contributed by atoms with van der Waals surface area (Å²) in [6.07, 6.45) is 2.37. The van der Waals surface area contributed by atoms with E-state index in [1.165, 1.54) is 25.0 Å². The molecule has 0 aliphatic heterocycles. The molecular formula is C13H13FO2. The van der Waals surface area contributed by atoms with E-state index < -0.39 is 0 Å². The quantitative estimate of drug-likeness (QED) is 0.789. The summed E-state index contributed by atoms with van der Waals surface area (Å²) in [6, 6.07) is 4.25. The van der Waals surface area contributed by atoms with Gasteiger partial charge in [0.1, 0.15) is 18.2 Å². The van der Waals surface area contributed by atoms with E-state index in [-0.39, 0.29) is 12.4 Å². The van der Waals surface area contributed by atoms with E-state index in [9.17, 15) is 4.39 Å². The van der Waals surface area contributed by atoms with Gasteiger partial charge in [-0.2, -0.15) is 0 Å². The fourth-order valence-electron chi connectivity index (χ4n) is 1.35. The van der Waals surface area contributed by atoms with Crippen molar-refractivity contribution in [3.05, 3.63) is 29.6 Å². The van der Waals surface area contributed by atoms with Gasteiger partial charge in [0.2, 0.25) is 0 Å². The van der Waals surface area contributed by atoms with Crippen molar-refractivity contribution in [1.82, 2.24) is 0 Å². The third-order valence-electron chi connectivity index (χ3n) is 2.42. The number of halogens is 1. The molecule has 1 aromatic carbocycles. The fourth-order valence-corrected chi connectivity index (χ4v) is 1.35. The van der Waals surface area contributed by atoms with Crippen molar-refractivity contribution in [2.75, 3.05) is 13.2 Å². The van der Waals surface area contributed by atoms with Gasteiger partial charge in [-0.1, -0.05) is 11.8 Å². The lowest BCUT2D eigenvalue weighted by molar-refractivity contribution is 0.297. The van der Waals surface area contributed by atoms with E-state index in [1.807, 2.05) is 0 Å². The summed E-state index contributed by atoms with van der Waals surface area (Å²) < 4.78 is 18.5. The molecule has 1 fully saturated rings. The molecule has 1 aliphatic carbocycles. The minimum atomic E-state index is -0.333. The molecular weight excluding hydrogens is 207 g/mol.